The standard InChI is InChI=1S/C30H43FN2O2/c1-17(2)33(18(3)4)23(9)16-35-32-28(30-25(11)24(10)19(5)14-27(30)31)15-22(8)29-20(6)12-26(34)13-21(29)7/h12-15,17-18,23,34H,16H2,1-11H3/b22-15+,32-28-/i16D2,23D. The van der Waals surface area contributed by atoms with Gasteiger partial charge in [-0.25, -0.2) is 4.39 Å². The van der Waals surface area contributed by atoms with Gasteiger partial charge < -0.3 is 9.94 Å². The summed E-state index contributed by atoms with van der Waals surface area (Å²) in [5, 5.41) is 14.2. The summed E-state index contributed by atoms with van der Waals surface area (Å²) in [4.78, 5) is 7.25. The maximum atomic E-state index is 15.5. The van der Waals surface area contributed by atoms with Crippen LogP contribution < -0.4 is 0 Å². The maximum absolute atomic E-state index is 15.5. The summed E-state index contributed by atoms with van der Waals surface area (Å²) in [6, 6.07) is 2.72. The molecule has 1 unspecified atom stereocenters. The van der Waals surface area contributed by atoms with E-state index in [0.717, 1.165) is 33.4 Å². The van der Waals surface area contributed by atoms with E-state index in [1.54, 1.807) is 30.0 Å². The van der Waals surface area contributed by atoms with Crippen LogP contribution in [0.15, 0.2) is 29.4 Å². The summed E-state index contributed by atoms with van der Waals surface area (Å²) < 4.78 is 41.8. The number of nitrogens with zero attached hydrogens (tertiary/aromatic N) is 2. The van der Waals surface area contributed by atoms with Crippen LogP contribution in [0.3, 0.4) is 0 Å². The van der Waals surface area contributed by atoms with E-state index in [0.29, 0.717) is 5.56 Å². The third-order valence-corrected chi connectivity index (χ3v) is 6.47. The van der Waals surface area contributed by atoms with Crippen molar-refractivity contribution < 1.29 is 18.4 Å². The van der Waals surface area contributed by atoms with Crippen molar-refractivity contribution in [1.29, 1.82) is 0 Å². The predicted octanol–water partition coefficient (Wildman–Crippen LogP) is 7.40. The molecule has 0 radical (unpaired) electrons. The summed E-state index contributed by atoms with van der Waals surface area (Å²) in [6.45, 7) is 17.7. The summed E-state index contributed by atoms with van der Waals surface area (Å²) in [5.74, 6) is -0.330. The Bertz CT molecular complexity index is 1220. The number of hydrogen-bond donors (Lipinski definition) is 1. The zero-order valence-corrected chi connectivity index (χ0v) is 23.1. The Morgan fingerprint density at radius 1 is 1.00 bits per heavy atom. The molecule has 0 aromatic heterocycles. The normalized spacial score (nSPS) is 16.4. The first kappa shape index (κ1) is 24.1. The number of hydrogen-bond acceptors (Lipinski definition) is 4. The molecule has 1 N–H and O–H groups in total. The fraction of sp³-hybridized carbons (Fsp3) is 0.500. The lowest BCUT2D eigenvalue weighted by Gasteiger charge is -2.35. The minimum atomic E-state index is -2.52. The second kappa shape index (κ2) is 11.9. The van der Waals surface area contributed by atoms with Gasteiger partial charge in [0.2, 0.25) is 0 Å². The van der Waals surface area contributed by atoms with E-state index in [4.69, 9.17) is 8.95 Å². The Balaban J connectivity index is 2.76. The van der Waals surface area contributed by atoms with Gasteiger partial charge in [0.1, 0.15) is 23.8 Å². The third-order valence-electron chi connectivity index (χ3n) is 6.47. The Hall–Kier alpha value is -2.66. The number of oxime groups is 1. The minimum Gasteiger partial charge on any atom is -0.508 e. The molecule has 192 valence electrons. The lowest BCUT2D eigenvalue weighted by molar-refractivity contribution is 0.0386. The predicted molar refractivity (Wildman–Crippen MR) is 146 cm³/mol. The van der Waals surface area contributed by atoms with Crippen molar-refractivity contribution in [3.63, 3.8) is 0 Å². The molecule has 2 aromatic rings. The first-order valence-corrected chi connectivity index (χ1v) is 12.1. The van der Waals surface area contributed by atoms with E-state index in [1.807, 2.05) is 62.3 Å². The Kier molecular flexibility index (Phi) is 8.14. The van der Waals surface area contributed by atoms with Crippen molar-refractivity contribution in [3.05, 3.63) is 69.0 Å². The molecule has 2 aromatic carbocycles. The Labute approximate surface area is 215 Å². The highest BCUT2D eigenvalue weighted by atomic mass is 19.1. The fourth-order valence-corrected chi connectivity index (χ4v) is 4.89. The third kappa shape index (κ3) is 6.72. The highest BCUT2D eigenvalue weighted by Gasteiger charge is 2.21. The van der Waals surface area contributed by atoms with Gasteiger partial charge >= 0.3 is 0 Å². The topological polar surface area (TPSA) is 45.1 Å². The SMILES string of the molecule is [2H]C([2H])(O/N=C(/C=C(\C)c1c(C)cc(O)cc1C)c1c(F)cc(C)c(C)c1C)C([2H])(C)N(C(C)C)C(C)C. The second-order valence-electron chi connectivity index (χ2n) is 9.93. The largest absolute Gasteiger partial charge is 0.508 e. The van der Waals surface area contributed by atoms with E-state index in [9.17, 15) is 5.11 Å². The number of phenols is 1. The van der Waals surface area contributed by atoms with Gasteiger partial charge in [-0.1, -0.05) is 5.16 Å². The van der Waals surface area contributed by atoms with Crippen molar-refractivity contribution >= 4 is 11.3 Å². The molecule has 4 nitrogen and oxygen atoms in total. The number of phenolic OH excluding ortho intramolecular Hbond substituents is 1. The maximum Gasteiger partial charge on any atom is 0.133 e. The first-order valence-electron chi connectivity index (χ1n) is 13.6. The van der Waals surface area contributed by atoms with Gasteiger partial charge in [0.05, 0.1) is 4.11 Å². The van der Waals surface area contributed by atoms with Gasteiger partial charge in [0, 0.05) is 23.7 Å². The van der Waals surface area contributed by atoms with Crippen LogP contribution in [0.4, 0.5) is 4.39 Å². The number of rotatable bonds is 9. The van der Waals surface area contributed by atoms with Gasteiger partial charge in [-0.2, -0.15) is 0 Å². The molecule has 0 aliphatic rings. The quantitative estimate of drug-likeness (QED) is 0.297. The number of aryl methyl sites for hydroxylation is 3. The summed E-state index contributed by atoms with van der Waals surface area (Å²) >= 11 is 0. The van der Waals surface area contributed by atoms with Crippen molar-refractivity contribution in [2.45, 2.75) is 94.3 Å². The molecule has 0 fully saturated rings. The Morgan fingerprint density at radius 2 is 1.54 bits per heavy atom. The van der Waals surface area contributed by atoms with Crippen LogP contribution in [0, 0.1) is 40.4 Å². The monoisotopic (exact) mass is 485 g/mol. The number of benzene rings is 2. The van der Waals surface area contributed by atoms with Crippen LogP contribution in [0.5, 0.6) is 5.75 Å². The van der Waals surface area contributed by atoms with Crippen LogP contribution in [0.1, 0.15) is 84.6 Å². The van der Waals surface area contributed by atoms with Gasteiger partial charge in [0.25, 0.3) is 0 Å². The van der Waals surface area contributed by atoms with Crippen LogP contribution in [-0.4, -0.2) is 40.4 Å². The van der Waals surface area contributed by atoms with Crippen LogP contribution in [-0.2, 0) is 4.84 Å². The lowest BCUT2D eigenvalue weighted by Crippen LogP contribution is -2.45. The number of allylic oxidation sites excluding steroid dienone is 2. The molecule has 0 bridgehead atoms. The molecule has 5 heteroatoms. The first-order chi connectivity index (χ1) is 17.3. The van der Waals surface area contributed by atoms with Crippen LogP contribution in [0.2, 0.25) is 0 Å². The molecule has 0 saturated heterocycles. The zero-order chi connectivity index (χ0) is 29.3. The van der Waals surface area contributed by atoms with Crippen molar-refractivity contribution in [2.24, 2.45) is 5.16 Å². The fourth-order valence-electron chi connectivity index (χ4n) is 4.89. The van der Waals surface area contributed by atoms with Crippen LogP contribution >= 0.6 is 0 Å². The highest BCUT2D eigenvalue weighted by Crippen LogP contribution is 2.29. The molecule has 0 heterocycles. The number of halogens is 1. The van der Waals surface area contributed by atoms with Crippen LogP contribution in [0.25, 0.3) is 5.57 Å². The molecule has 0 aliphatic heterocycles. The molecular weight excluding hydrogens is 439 g/mol. The summed E-state index contributed by atoms with van der Waals surface area (Å²) in [6.07, 6.45) is 1.67. The average Bonchev–Trinajstić information content (AvgIpc) is 2.74. The minimum absolute atomic E-state index is 0.118. The van der Waals surface area contributed by atoms with E-state index in [2.05, 4.69) is 5.16 Å². The zero-order valence-electron chi connectivity index (χ0n) is 26.1. The molecule has 35 heavy (non-hydrogen) atoms. The molecule has 2 rings (SSSR count). The van der Waals surface area contributed by atoms with Crippen molar-refractivity contribution in [1.82, 2.24) is 4.90 Å². The molecule has 0 amide bonds. The number of aromatic hydroxyl groups is 1. The molecule has 0 aliphatic carbocycles. The summed E-state index contributed by atoms with van der Waals surface area (Å²) in [5.41, 5.74) is 6.01. The van der Waals surface area contributed by atoms with Gasteiger partial charge in [-0.15, -0.1) is 0 Å². The second-order valence-corrected chi connectivity index (χ2v) is 9.93. The average molecular weight is 486 g/mol. The van der Waals surface area contributed by atoms with Crippen molar-refractivity contribution in [2.75, 3.05) is 6.56 Å². The Morgan fingerprint density at radius 3 is 2.06 bits per heavy atom. The molecule has 0 spiro atoms. The molecule has 1 atom stereocenters. The van der Waals surface area contributed by atoms with E-state index < -0.39 is 18.4 Å². The van der Waals surface area contributed by atoms with E-state index in [1.165, 1.54) is 13.0 Å². The smallest absolute Gasteiger partial charge is 0.133 e. The van der Waals surface area contributed by atoms with Gasteiger partial charge in [-0.05, 0) is 139 Å². The lowest BCUT2D eigenvalue weighted by atomic mass is 9.91. The summed E-state index contributed by atoms with van der Waals surface area (Å²) in [7, 11) is 0. The highest BCUT2D eigenvalue weighted by molar-refractivity contribution is 6.13. The molecular formula is C30H43FN2O2. The van der Waals surface area contributed by atoms with E-state index in [-0.39, 0.29) is 29.1 Å². The molecule has 0 saturated carbocycles. The van der Waals surface area contributed by atoms with Gasteiger partial charge in [-0.3, -0.25) is 4.90 Å². The van der Waals surface area contributed by atoms with Crippen molar-refractivity contribution in [3.8, 4) is 5.75 Å². The van der Waals surface area contributed by atoms with E-state index >= 15 is 4.39 Å². The van der Waals surface area contributed by atoms with Gasteiger partial charge in [0.15, 0.2) is 0 Å².